The molecule has 4 rings (SSSR count). The Kier molecular flexibility index (Phi) is 5.84. The second-order valence-electron chi connectivity index (χ2n) is 8.16. The van der Waals surface area contributed by atoms with Crippen LogP contribution in [0.4, 0.5) is 4.39 Å². The van der Waals surface area contributed by atoms with Gasteiger partial charge in [0.25, 0.3) is 5.91 Å². The average Bonchev–Trinajstić information content (AvgIpc) is 3.25. The Labute approximate surface area is 180 Å². The number of hydrogen-bond donors (Lipinski definition) is 1. The Balaban J connectivity index is 1.62. The number of carbonyl (C=O) groups excluding carboxylic acids is 2. The van der Waals surface area contributed by atoms with Crippen molar-refractivity contribution >= 4 is 11.8 Å². The first-order valence-corrected chi connectivity index (χ1v) is 10.3. The molecule has 0 saturated carbocycles. The first-order chi connectivity index (χ1) is 14.9. The zero-order chi connectivity index (χ0) is 22.0. The van der Waals surface area contributed by atoms with Crippen LogP contribution in [0.25, 0.3) is 11.3 Å². The summed E-state index contributed by atoms with van der Waals surface area (Å²) in [4.78, 5) is 27.9. The van der Waals surface area contributed by atoms with Crippen molar-refractivity contribution in [2.24, 2.45) is 5.92 Å². The maximum absolute atomic E-state index is 13.4. The molecule has 2 aromatic carbocycles. The van der Waals surface area contributed by atoms with Crippen molar-refractivity contribution in [1.29, 1.82) is 0 Å². The number of piperazine rings is 1. The van der Waals surface area contributed by atoms with E-state index in [4.69, 9.17) is 4.52 Å². The molecule has 2 amide bonds. The average molecular weight is 421 g/mol. The van der Waals surface area contributed by atoms with Crippen LogP contribution in [0.1, 0.15) is 42.4 Å². The van der Waals surface area contributed by atoms with E-state index in [2.05, 4.69) is 10.5 Å². The summed E-state index contributed by atoms with van der Waals surface area (Å²) in [6.07, 6.45) is 0.543. The number of carbonyl (C=O) groups is 2. The standard InChI is InChI=1S/C24H24FN3O3/c1-15(2)12-21-23(29)26-20(16-6-4-3-5-7-16)14-28(21)24(30)19-13-22(31-27-19)17-8-10-18(25)11-9-17/h3-11,13,15,20-21H,12,14H2,1-2H3,(H,26,29). The van der Waals surface area contributed by atoms with Crippen LogP contribution >= 0.6 is 0 Å². The lowest BCUT2D eigenvalue weighted by molar-refractivity contribution is -0.130. The fourth-order valence-electron chi connectivity index (χ4n) is 3.83. The summed E-state index contributed by atoms with van der Waals surface area (Å²) in [5.74, 6) is -0.304. The van der Waals surface area contributed by atoms with E-state index in [9.17, 15) is 14.0 Å². The van der Waals surface area contributed by atoms with Gasteiger partial charge in [-0.25, -0.2) is 4.39 Å². The molecule has 1 aliphatic rings. The van der Waals surface area contributed by atoms with E-state index in [1.54, 1.807) is 17.0 Å². The van der Waals surface area contributed by atoms with Crippen molar-refractivity contribution in [1.82, 2.24) is 15.4 Å². The molecule has 0 spiro atoms. The molecule has 0 bridgehead atoms. The van der Waals surface area contributed by atoms with Crippen LogP contribution < -0.4 is 5.32 Å². The van der Waals surface area contributed by atoms with Gasteiger partial charge in [-0.1, -0.05) is 49.3 Å². The quantitative estimate of drug-likeness (QED) is 0.670. The van der Waals surface area contributed by atoms with Crippen molar-refractivity contribution in [3.8, 4) is 11.3 Å². The molecule has 1 fully saturated rings. The molecule has 1 saturated heterocycles. The third-order valence-electron chi connectivity index (χ3n) is 5.39. The Morgan fingerprint density at radius 3 is 2.58 bits per heavy atom. The Morgan fingerprint density at radius 2 is 1.90 bits per heavy atom. The van der Waals surface area contributed by atoms with Gasteiger partial charge < -0.3 is 14.7 Å². The van der Waals surface area contributed by atoms with Gasteiger partial charge in [-0.3, -0.25) is 9.59 Å². The van der Waals surface area contributed by atoms with Crippen molar-refractivity contribution in [3.63, 3.8) is 0 Å². The fraction of sp³-hybridized carbons (Fsp3) is 0.292. The van der Waals surface area contributed by atoms with E-state index >= 15 is 0 Å². The predicted molar refractivity (Wildman–Crippen MR) is 114 cm³/mol. The van der Waals surface area contributed by atoms with E-state index in [-0.39, 0.29) is 35.3 Å². The van der Waals surface area contributed by atoms with Gasteiger partial charge in [-0.2, -0.15) is 0 Å². The summed E-state index contributed by atoms with van der Waals surface area (Å²) in [6, 6.07) is 16.0. The number of hydrogen-bond acceptors (Lipinski definition) is 4. The monoisotopic (exact) mass is 421 g/mol. The highest BCUT2D eigenvalue weighted by Crippen LogP contribution is 2.27. The third kappa shape index (κ3) is 4.50. The van der Waals surface area contributed by atoms with E-state index < -0.39 is 6.04 Å². The second-order valence-corrected chi connectivity index (χ2v) is 8.16. The first kappa shape index (κ1) is 20.8. The SMILES string of the molecule is CC(C)CC1C(=O)NC(c2ccccc2)CN1C(=O)c1cc(-c2ccc(F)cc2)on1. The van der Waals surface area contributed by atoms with E-state index in [1.165, 1.54) is 18.2 Å². The molecule has 0 aliphatic carbocycles. The van der Waals surface area contributed by atoms with Crippen LogP contribution in [-0.2, 0) is 4.79 Å². The largest absolute Gasteiger partial charge is 0.355 e. The molecule has 2 atom stereocenters. The number of aromatic nitrogens is 1. The number of nitrogens with zero attached hydrogens (tertiary/aromatic N) is 2. The van der Waals surface area contributed by atoms with Gasteiger partial charge in [0.1, 0.15) is 11.9 Å². The van der Waals surface area contributed by atoms with Crippen LogP contribution in [0.3, 0.4) is 0 Å². The highest BCUT2D eigenvalue weighted by Gasteiger charge is 2.39. The molecule has 2 unspecified atom stereocenters. The Morgan fingerprint density at radius 1 is 1.19 bits per heavy atom. The molecule has 3 aromatic rings. The van der Waals surface area contributed by atoms with Crippen LogP contribution in [-0.4, -0.2) is 34.5 Å². The maximum atomic E-state index is 13.4. The van der Waals surface area contributed by atoms with Gasteiger partial charge in [0.15, 0.2) is 11.5 Å². The van der Waals surface area contributed by atoms with Crippen LogP contribution in [0.5, 0.6) is 0 Å². The molecule has 1 N–H and O–H groups in total. The lowest BCUT2D eigenvalue weighted by Crippen LogP contribution is -2.58. The molecule has 2 heterocycles. The normalized spacial score (nSPS) is 18.8. The van der Waals surface area contributed by atoms with E-state index in [0.29, 0.717) is 24.3 Å². The van der Waals surface area contributed by atoms with Crippen molar-refractivity contribution < 1.29 is 18.5 Å². The third-order valence-corrected chi connectivity index (χ3v) is 5.39. The minimum Gasteiger partial charge on any atom is -0.355 e. The summed E-state index contributed by atoms with van der Waals surface area (Å²) in [5, 5.41) is 6.98. The number of halogens is 1. The van der Waals surface area contributed by atoms with Gasteiger partial charge in [0.2, 0.25) is 5.91 Å². The molecule has 160 valence electrons. The van der Waals surface area contributed by atoms with Gasteiger partial charge in [-0.15, -0.1) is 0 Å². The molecular formula is C24H24FN3O3. The molecule has 1 aromatic heterocycles. The summed E-state index contributed by atoms with van der Waals surface area (Å²) >= 11 is 0. The minimum absolute atomic E-state index is 0.120. The van der Waals surface area contributed by atoms with Crippen molar-refractivity contribution in [3.05, 3.63) is 77.7 Å². The van der Waals surface area contributed by atoms with Crippen LogP contribution in [0, 0.1) is 11.7 Å². The van der Waals surface area contributed by atoms with Crippen molar-refractivity contribution in [2.75, 3.05) is 6.54 Å². The summed E-state index contributed by atoms with van der Waals surface area (Å²) in [6.45, 7) is 4.37. The van der Waals surface area contributed by atoms with Crippen LogP contribution in [0.15, 0.2) is 65.2 Å². The highest BCUT2D eigenvalue weighted by molar-refractivity contribution is 5.97. The lowest BCUT2D eigenvalue weighted by Gasteiger charge is -2.40. The number of rotatable bonds is 5. The smallest absolute Gasteiger partial charge is 0.276 e. The molecular weight excluding hydrogens is 397 g/mol. The highest BCUT2D eigenvalue weighted by atomic mass is 19.1. The Bertz CT molecular complexity index is 1060. The van der Waals surface area contributed by atoms with Gasteiger partial charge in [0, 0.05) is 18.2 Å². The predicted octanol–water partition coefficient (Wildman–Crippen LogP) is 4.21. The molecule has 0 radical (unpaired) electrons. The first-order valence-electron chi connectivity index (χ1n) is 10.3. The summed E-state index contributed by atoms with van der Waals surface area (Å²) in [7, 11) is 0. The van der Waals surface area contributed by atoms with Gasteiger partial charge >= 0.3 is 0 Å². The Hall–Kier alpha value is -3.48. The van der Waals surface area contributed by atoms with Crippen LogP contribution in [0.2, 0.25) is 0 Å². The number of amides is 2. The lowest BCUT2D eigenvalue weighted by atomic mass is 9.95. The fourth-order valence-corrected chi connectivity index (χ4v) is 3.83. The molecule has 7 heteroatoms. The molecule has 31 heavy (non-hydrogen) atoms. The van der Waals surface area contributed by atoms with Gasteiger partial charge in [0.05, 0.1) is 6.04 Å². The summed E-state index contributed by atoms with van der Waals surface area (Å²) in [5.41, 5.74) is 1.67. The van der Waals surface area contributed by atoms with Gasteiger partial charge in [-0.05, 0) is 42.2 Å². The maximum Gasteiger partial charge on any atom is 0.276 e. The van der Waals surface area contributed by atoms with Crippen molar-refractivity contribution in [2.45, 2.75) is 32.4 Å². The zero-order valence-electron chi connectivity index (χ0n) is 17.4. The minimum atomic E-state index is -0.585. The second kappa shape index (κ2) is 8.71. The zero-order valence-corrected chi connectivity index (χ0v) is 17.4. The summed E-state index contributed by atoms with van der Waals surface area (Å²) < 4.78 is 18.5. The topological polar surface area (TPSA) is 75.4 Å². The molecule has 1 aliphatic heterocycles. The molecule has 6 nitrogen and oxygen atoms in total. The van der Waals surface area contributed by atoms with E-state index in [0.717, 1.165) is 5.56 Å². The number of nitrogens with one attached hydrogen (secondary N) is 1. The van der Waals surface area contributed by atoms with E-state index in [1.807, 2.05) is 44.2 Å². The number of benzene rings is 2.